The molecule has 1 N–H and O–H groups in total. The molecular weight excluding hydrogens is 236 g/mol. The third kappa shape index (κ3) is 3.28. The number of imidazole rings is 1. The standard InChI is InChI=1S/C12H15ClN4/c1-17-11(13)8-16-12(17)9-15-7-4-10-2-5-14-6-3-10/h2-3,5-6,8,15H,4,7,9H2,1H3. The minimum atomic E-state index is 0.663. The Labute approximate surface area is 106 Å². The van der Waals surface area contributed by atoms with E-state index in [0.29, 0.717) is 5.15 Å². The molecule has 2 aromatic heterocycles. The first-order valence-electron chi connectivity index (χ1n) is 5.53. The van der Waals surface area contributed by atoms with Crippen molar-refractivity contribution < 1.29 is 0 Å². The fourth-order valence-corrected chi connectivity index (χ4v) is 1.72. The molecule has 2 heterocycles. The van der Waals surface area contributed by atoms with E-state index in [-0.39, 0.29) is 0 Å². The lowest BCUT2D eigenvalue weighted by Gasteiger charge is -2.05. The Morgan fingerprint density at radius 1 is 1.35 bits per heavy atom. The van der Waals surface area contributed by atoms with Gasteiger partial charge in [-0.2, -0.15) is 0 Å². The van der Waals surface area contributed by atoms with Crippen molar-refractivity contribution in [3.05, 3.63) is 47.3 Å². The molecule has 0 spiro atoms. The third-order valence-corrected chi connectivity index (χ3v) is 3.00. The van der Waals surface area contributed by atoms with E-state index in [4.69, 9.17) is 11.6 Å². The van der Waals surface area contributed by atoms with E-state index in [1.807, 2.05) is 36.1 Å². The summed E-state index contributed by atoms with van der Waals surface area (Å²) in [6.45, 7) is 1.64. The Kier molecular flexibility index (Phi) is 4.12. The average molecular weight is 251 g/mol. The van der Waals surface area contributed by atoms with Crippen molar-refractivity contribution in [3.63, 3.8) is 0 Å². The van der Waals surface area contributed by atoms with Crippen molar-refractivity contribution in [3.8, 4) is 0 Å². The van der Waals surface area contributed by atoms with E-state index in [2.05, 4.69) is 15.3 Å². The largest absolute Gasteiger partial charge is 0.321 e. The van der Waals surface area contributed by atoms with Gasteiger partial charge in [-0.3, -0.25) is 4.98 Å². The highest BCUT2D eigenvalue weighted by atomic mass is 35.5. The maximum Gasteiger partial charge on any atom is 0.128 e. The smallest absolute Gasteiger partial charge is 0.128 e. The monoisotopic (exact) mass is 250 g/mol. The van der Waals surface area contributed by atoms with Crippen LogP contribution in [0.25, 0.3) is 0 Å². The summed E-state index contributed by atoms with van der Waals surface area (Å²) in [5.41, 5.74) is 1.28. The molecule has 0 aromatic carbocycles. The van der Waals surface area contributed by atoms with Crippen molar-refractivity contribution in [2.45, 2.75) is 13.0 Å². The molecule has 0 amide bonds. The molecule has 90 valence electrons. The number of rotatable bonds is 5. The number of hydrogen-bond acceptors (Lipinski definition) is 3. The Morgan fingerprint density at radius 2 is 2.12 bits per heavy atom. The van der Waals surface area contributed by atoms with Crippen molar-refractivity contribution in [1.82, 2.24) is 19.9 Å². The Bertz CT molecular complexity index is 467. The number of nitrogens with zero attached hydrogens (tertiary/aromatic N) is 3. The molecule has 5 heteroatoms. The van der Waals surface area contributed by atoms with Crippen LogP contribution < -0.4 is 5.32 Å². The Balaban J connectivity index is 1.75. The zero-order valence-corrected chi connectivity index (χ0v) is 10.5. The first-order valence-corrected chi connectivity index (χ1v) is 5.91. The van der Waals surface area contributed by atoms with E-state index in [0.717, 1.165) is 25.3 Å². The average Bonchev–Trinajstić information content (AvgIpc) is 2.67. The van der Waals surface area contributed by atoms with Crippen LogP contribution in [0, 0.1) is 0 Å². The van der Waals surface area contributed by atoms with Crippen LogP contribution in [0.1, 0.15) is 11.4 Å². The van der Waals surface area contributed by atoms with E-state index >= 15 is 0 Å². The van der Waals surface area contributed by atoms with Crippen LogP contribution in [0.5, 0.6) is 0 Å². The zero-order valence-electron chi connectivity index (χ0n) is 9.73. The second kappa shape index (κ2) is 5.80. The number of pyridine rings is 1. The first-order chi connectivity index (χ1) is 8.27. The molecule has 0 saturated heterocycles. The van der Waals surface area contributed by atoms with E-state index in [1.165, 1.54) is 5.56 Å². The predicted octanol–water partition coefficient (Wildman–Crippen LogP) is 1.80. The molecule has 0 atom stereocenters. The summed E-state index contributed by atoms with van der Waals surface area (Å²) in [6.07, 6.45) is 6.28. The van der Waals surface area contributed by atoms with Crippen LogP contribution in [-0.2, 0) is 20.0 Å². The lowest BCUT2D eigenvalue weighted by Crippen LogP contribution is -2.19. The Morgan fingerprint density at radius 3 is 2.76 bits per heavy atom. The summed E-state index contributed by atoms with van der Waals surface area (Å²) in [5.74, 6) is 0.949. The normalized spacial score (nSPS) is 10.7. The number of aromatic nitrogens is 3. The van der Waals surface area contributed by atoms with Gasteiger partial charge >= 0.3 is 0 Å². The van der Waals surface area contributed by atoms with Crippen molar-refractivity contribution in [2.24, 2.45) is 7.05 Å². The van der Waals surface area contributed by atoms with Gasteiger partial charge in [0.15, 0.2) is 0 Å². The fraction of sp³-hybridized carbons (Fsp3) is 0.333. The van der Waals surface area contributed by atoms with Gasteiger partial charge in [-0.1, -0.05) is 11.6 Å². The van der Waals surface area contributed by atoms with Gasteiger partial charge in [0, 0.05) is 19.4 Å². The van der Waals surface area contributed by atoms with E-state index in [1.54, 1.807) is 6.20 Å². The van der Waals surface area contributed by atoms with Crippen LogP contribution in [-0.4, -0.2) is 21.1 Å². The van der Waals surface area contributed by atoms with Gasteiger partial charge < -0.3 is 9.88 Å². The molecule has 0 aliphatic heterocycles. The second-order valence-electron chi connectivity index (χ2n) is 3.84. The van der Waals surface area contributed by atoms with Gasteiger partial charge in [0.05, 0.1) is 12.7 Å². The van der Waals surface area contributed by atoms with Gasteiger partial charge in [-0.05, 0) is 30.7 Å². The topological polar surface area (TPSA) is 42.7 Å². The highest BCUT2D eigenvalue weighted by Gasteiger charge is 2.02. The summed E-state index contributed by atoms with van der Waals surface area (Å²) in [5, 5.41) is 4.00. The zero-order chi connectivity index (χ0) is 12.1. The number of hydrogen-bond donors (Lipinski definition) is 1. The SMILES string of the molecule is Cn1c(Cl)cnc1CNCCc1ccncc1. The molecule has 0 fully saturated rings. The van der Waals surface area contributed by atoms with Crippen molar-refractivity contribution in [1.29, 1.82) is 0 Å². The van der Waals surface area contributed by atoms with Gasteiger partial charge in [-0.25, -0.2) is 4.98 Å². The molecule has 0 bridgehead atoms. The summed E-state index contributed by atoms with van der Waals surface area (Å²) < 4.78 is 1.88. The molecule has 17 heavy (non-hydrogen) atoms. The van der Waals surface area contributed by atoms with Gasteiger partial charge in [0.25, 0.3) is 0 Å². The molecule has 2 rings (SSSR count). The van der Waals surface area contributed by atoms with E-state index < -0.39 is 0 Å². The van der Waals surface area contributed by atoms with Crippen LogP contribution in [0.4, 0.5) is 0 Å². The van der Waals surface area contributed by atoms with Crippen molar-refractivity contribution in [2.75, 3.05) is 6.54 Å². The summed E-state index contributed by atoms with van der Waals surface area (Å²) in [6, 6.07) is 4.05. The lowest BCUT2D eigenvalue weighted by molar-refractivity contribution is 0.637. The van der Waals surface area contributed by atoms with Gasteiger partial charge in [0.2, 0.25) is 0 Å². The first kappa shape index (κ1) is 12.1. The van der Waals surface area contributed by atoms with Crippen molar-refractivity contribution >= 4 is 11.6 Å². The summed E-state index contributed by atoms with van der Waals surface area (Å²) in [4.78, 5) is 8.21. The maximum atomic E-state index is 5.90. The molecule has 0 unspecified atom stereocenters. The van der Waals surface area contributed by atoms with Crippen LogP contribution >= 0.6 is 11.6 Å². The number of nitrogens with one attached hydrogen (secondary N) is 1. The fourth-order valence-electron chi connectivity index (χ4n) is 1.57. The second-order valence-corrected chi connectivity index (χ2v) is 4.23. The summed E-state index contributed by atoms with van der Waals surface area (Å²) in [7, 11) is 1.91. The van der Waals surface area contributed by atoms with E-state index in [9.17, 15) is 0 Å². The molecule has 0 aliphatic carbocycles. The number of halogens is 1. The Hall–Kier alpha value is -1.39. The molecular formula is C12H15ClN4. The minimum Gasteiger partial charge on any atom is -0.321 e. The predicted molar refractivity (Wildman–Crippen MR) is 67.9 cm³/mol. The highest BCUT2D eigenvalue weighted by Crippen LogP contribution is 2.08. The van der Waals surface area contributed by atoms with Gasteiger partial charge in [-0.15, -0.1) is 0 Å². The van der Waals surface area contributed by atoms with Crippen LogP contribution in [0.15, 0.2) is 30.7 Å². The third-order valence-electron chi connectivity index (χ3n) is 2.65. The molecule has 0 aliphatic rings. The summed E-state index contributed by atoms with van der Waals surface area (Å²) >= 11 is 5.90. The van der Waals surface area contributed by atoms with Gasteiger partial charge in [0.1, 0.15) is 11.0 Å². The minimum absolute atomic E-state index is 0.663. The lowest BCUT2D eigenvalue weighted by atomic mass is 10.2. The molecule has 0 radical (unpaired) electrons. The molecule has 0 saturated carbocycles. The highest BCUT2D eigenvalue weighted by molar-refractivity contribution is 6.29. The maximum absolute atomic E-state index is 5.90. The quantitative estimate of drug-likeness (QED) is 0.823. The molecule has 2 aromatic rings. The molecule has 4 nitrogen and oxygen atoms in total. The van der Waals surface area contributed by atoms with Crippen LogP contribution in [0.2, 0.25) is 5.15 Å². The van der Waals surface area contributed by atoms with Crippen LogP contribution in [0.3, 0.4) is 0 Å².